The third-order valence-electron chi connectivity index (χ3n) is 4.91. The van der Waals surface area contributed by atoms with Gasteiger partial charge in [0.1, 0.15) is 6.54 Å². The van der Waals surface area contributed by atoms with E-state index in [1.165, 1.54) is 10.6 Å². The van der Waals surface area contributed by atoms with E-state index >= 15 is 0 Å². The fourth-order valence-electron chi connectivity index (χ4n) is 3.31. The highest BCUT2D eigenvalue weighted by molar-refractivity contribution is 6.33. The second-order valence-electron chi connectivity index (χ2n) is 7.64. The summed E-state index contributed by atoms with van der Waals surface area (Å²) in [7, 11) is 0. The Kier molecular flexibility index (Phi) is 5.61. The maximum atomic E-state index is 12.9. The van der Waals surface area contributed by atoms with Crippen molar-refractivity contribution in [1.29, 1.82) is 0 Å². The Balaban J connectivity index is 1.71. The Hall–Kier alpha value is -3.45. The summed E-state index contributed by atoms with van der Waals surface area (Å²) >= 11 is 6.21. The molecule has 0 spiro atoms. The van der Waals surface area contributed by atoms with Crippen LogP contribution in [0, 0.1) is 6.92 Å². The molecule has 0 aliphatic heterocycles. The summed E-state index contributed by atoms with van der Waals surface area (Å²) in [5.41, 5.74) is 2.28. The van der Waals surface area contributed by atoms with Crippen molar-refractivity contribution in [3.05, 3.63) is 75.3 Å². The molecular weight excluding hydrogens is 416 g/mol. The molecule has 1 amide bonds. The average molecular weight is 437 g/mol. The summed E-state index contributed by atoms with van der Waals surface area (Å²) in [6.45, 7) is 5.68. The molecule has 0 aliphatic rings. The van der Waals surface area contributed by atoms with Gasteiger partial charge in [0.15, 0.2) is 5.82 Å². The number of carbonyl (C=O) groups excluding carboxylic acids is 1. The van der Waals surface area contributed by atoms with Crippen molar-refractivity contribution in [3.8, 4) is 11.5 Å². The number of hydrogen-bond acceptors (Lipinski definition) is 5. The van der Waals surface area contributed by atoms with Gasteiger partial charge in [0.25, 0.3) is 11.4 Å². The zero-order valence-electron chi connectivity index (χ0n) is 17.3. The lowest BCUT2D eigenvalue weighted by Gasteiger charge is -2.13. The fraction of sp³-hybridized carbons (Fsp3) is 0.217. The number of hydrogen-bond donors (Lipinski definition) is 1. The highest BCUT2D eigenvalue weighted by Crippen LogP contribution is 2.27. The molecule has 0 bridgehead atoms. The van der Waals surface area contributed by atoms with E-state index in [1.54, 1.807) is 18.2 Å². The number of para-hydroxylation sites is 1. The van der Waals surface area contributed by atoms with Crippen molar-refractivity contribution in [1.82, 2.24) is 14.7 Å². The molecular formula is C23H21ClN4O3. The molecule has 2 heterocycles. The van der Waals surface area contributed by atoms with Crippen LogP contribution < -0.4 is 10.9 Å². The van der Waals surface area contributed by atoms with E-state index in [0.29, 0.717) is 27.6 Å². The summed E-state index contributed by atoms with van der Waals surface area (Å²) in [6.07, 6.45) is 0. The molecule has 4 aromatic rings. The maximum absolute atomic E-state index is 12.9. The minimum atomic E-state index is -0.356. The van der Waals surface area contributed by atoms with Crippen molar-refractivity contribution in [2.24, 2.45) is 0 Å². The highest BCUT2D eigenvalue weighted by Gasteiger charge is 2.18. The molecule has 8 heteroatoms. The molecule has 2 aromatic heterocycles. The first kappa shape index (κ1) is 20.8. The lowest BCUT2D eigenvalue weighted by molar-refractivity contribution is -0.116. The molecule has 0 radical (unpaired) electrons. The topological polar surface area (TPSA) is 90.0 Å². The smallest absolute Gasteiger partial charge is 0.258 e. The van der Waals surface area contributed by atoms with E-state index in [4.69, 9.17) is 16.1 Å². The number of carbonyl (C=O) groups is 1. The third kappa shape index (κ3) is 4.22. The Morgan fingerprint density at radius 1 is 1.19 bits per heavy atom. The van der Waals surface area contributed by atoms with Crippen LogP contribution >= 0.6 is 11.6 Å². The van der Waals surface area contributed by atoms with Gasteiger partial charge in [-0.15, -0.1) is 0 Å². The first-order valence-electron chi connectivity index (χ1n) is 9.86. The number of aryl methyl sites for hydroxylation is 1. The Bertz CT molecular complexity index is 1340. The zero-order valence-corrected chi connectivity index (χ0v) is 18.1. The number of anilines is 1. The molecule has 7 nitrogen and oxygen atoms in total. The molecule has 0 fully saturated rings. The normalized spacial score (nSPS) is 11.3. The molecule has 31 heavy (non-hydrogen) atoms. The van der Waals surface area contributed by atoms with Gasteiger partial charge in [-0.2, -0.15) is 4.98 Å². The first-order chi connectivity index (χ1) is 14.8. The van der Waals surface area contributed by atoms with Crippen molar-refractivity contribution in [3.63, 3.8) is 0 Å². The van der Waals surface area contributed by atoms with Crippen LogP contribution in [0.1, 0.15) is 31.2 Å². The Morgan fingerprint density at radius 2 is 1.97 bits per heavy atom. The quantitative estimate of drug-likeness (QED) is 0.486. The summed E-state index contributed by atoms with van der Waals surface area (Å²) in [4.78, 5) is 30.0. The summed E-state index contributed by atoms with van der Waals surface area (Å²) in [6, 6.07) is 14.1. The first-order valence-corrected chi connectivity index (χ1v) is 10.2. The van der Waals surface area contributed by atoms with Crippen LogP contribution in [-0.2, 0) is 11.3 Å². The van der Waals surface area contributed by atoms with Gasteiger partial charge >= 0.3 is 0 Å². The standard InChI is InChI=1S/C23H21ClN4O3/c1-13(2)22-26-23(31-27-22)16-11-21(30)28(19-7-5-4-6-15(16)19)12-20(29)25-18-9-8-14(3)10-17(18)24/h4-11,13H,12H2,1-3H3,(H,25,29). The third-order valence-corrected chi connectivity index (χ3v) is 5.22. The van der Waals surface area contributed by atoms with Crippen LogP contribution in [0.3, 0.4) is 0 Å². The number of fused-ring (bicyclic) bond motifs is 1. The van der Waals surface area contributed by atoms with E-state index in [1.807, 2.05) is 45.0 Å². The predicted octanol–water partition coefficient (Wildman–Crippen LogP) is 4.78. The molecule has 2 aromatic carbocycles. The maximum Gasteiger partial charge on any atom is 0.258 e. The molecule has 0 aliphatic carbocycles. The zero-order chi connectivity index (χ0) is 22.1. The Labute approximate surface area is 183 Å². The van der Waals surface area contributed by atoms with Crippen LogP contribution in [0.2, 0.25) is 5.02 Å². The minimum absolute atomic E-state index is 0.0985. The van der Waals surface area contributed by atoms with Crippen LogP contribution in [0.5, 0.6) is 0 Å². The molecule has 1 N–H and O–H groups in total. The summed E-state index contributed by atoms with van der Waals surface area (Å²) in [5, 5.41) is 7.94. The molecule has 158 valence electrons. The lowest BCUT2D eigenvalue weighted by Crippen LogP contribution is -2.27. The monoisotopic (exact) mass is 436 g/mol. The number of nitrogens with one attached hydrogen (secondary N) is 1. The number of aromatic nitrogens is 3. The number of pyridine rings is 1. The lowest BCUT2D eigenvalue weighted by atomic mass is 10.1. The number of amides is 1. The molecule has 4 rings (SSSR count). The van der Waals surface area contributed by atoms with Crippen molar-refractivity contribution >= 4 is 34.1 Å². The van der Waals surface area contributed by atoms with Crippen molar-refractivity contribution in [2.45, 2.75) is 33.2 Å². The van der Waals surface area contributed by atoms with Gasteiger partial charge in [-0.3, -0.25) is 14.2 Å². The number of nitrogens with zero attached hydrogens (tertiary/aromatic N) is 3. The van der Waals surface area contributed by atoms with Crippen molar-refractivity contribution < 1.29 is 9.32 Å². The van der Waals surface area contributed by atoms with E-state index in [9.17, 15) is 9.59 Å². The van der Waals surface area contributed by atoms with Gasteiger partial charge in [-0.1, -0.05) is 54.9 Å². The summed E-state index contributed by atoms with van der Waals surface area (Å²) < 4.78 is 6.81. The van der Waals surface area contributed by atoms with Gasteiger partial charge in [0.05, 0.1) is 21.8 Å². The van der Waals surface area contributed by atoms with E-state index in [0.717, 1.165) is 10.9 Å². The van der Waals surface area contributed by atoms with E-state index in [-0.39, 0.29) is 29.8 Å². The highest BCUT2D eigenvalue weighted by atomic mass is 35.5. The van der Waals surface area contributed by atoms with Crippen LogP contribution in [0.15, 0.2) is 57.8 Å². The second kappa shape index (κ2) is 8.35. The van der Waals surface area contributed by atoms with Gasteiger partial charge in [0.2, 0.25) is 5.91 Å². The molecule has 0 saturated heterocycles. The van der Waals surface area contributed by atoms with Crippen LogP contribution in [-0.4, -0.2) is 20.6 Å². The SMILES string of the molecule is Cc1ccc(NC(=O)Cn2c(=O)cc(-c3nc(C(C)C)no3)c3ccccc32)c(Cl)c1. The summed E-state index contributed by atoms with van der Waals surface area (Å²) in [5.74, 6) is 0.588. The van der Waals surface area contributed by atoms with E-state index < -0.39 is 0 Å². The average Bonchev–Trinajstić information content (AvgIpc) is 3.22. The molecule has 0 saturated carbocycles. The predicted molar refractivity (Wildman–Crippen MR) is 120 cm³/mol. The van der Waals surface area contributed by atoms with Gasteiger partial charge in [-0.05, 0) is 30.7 Å². The van der Waals surface area contributed by atoms with Gasteiger partial charge < -0.3 is 9.84 Å². The fourth-order valence-corrected chi connectivity index (χ4v) is 3.59. The van der Waals surface area contributed by atoms with Gasteiger partial charge in [-0.25, -0.2) is 0 Å². The second-order valence-corrected chi connectivity index (χ2v) is 8.05. The number of rotatable bonds is 5. The van der Waals surface area contributed by atoms with Crippen LogP contribution in [0.25, 0.3) is 22.4 Å². The van der Waals surface area contributed by atoms with Crippen molar-refractivity contribution in [2.75, 3.05) is 5.32 Å². The van der Waals surface area contributed by atoms with E-state index in [2.05, 4.69) is 15.5 Å². The van der Waals surface area contributed by atoms with Crippen LogP contribution in [0.4, 0.5) is 5.69 Å². The molecule has 0 atom stereocenters. The Morgan fingerprint density at radius 3 is 2.68 bits per heavy atom. The number of benzene rings is 2. The molecule has 0 unspecified atom stereocenters. The number of halogens is 1. The minimum Gasteiger partial charge on any atom is -0.334 e. The largest absolute Gasteiger partial charge is 0.334 e. The van der Waals surface area contributed by atoms with Gasteiger partial charge in [0, 0.05) is 17.4 Å².